The largest absolute Gasteiger partial charge is 0.433 e. The lowest BCUT2D eigenvalue weighted by Crippen LogP contribution is -2.31. The molecule has 2 aromatic heterocycles. The second-order valence-corrected chi connectivity index (χ2v) is 5.77. The molecule has 146 valence electrons. The van der Waals surface area contributed by atoms with Crippen LogP contribution in [-0.4, -0.2) is 51.4 Å². The van der Waals surface area contributed by atoms with Gasteiger partial charge in [-0.15, -0.1) is 0 Å². The van der Waals surface area contributed by atoms with Crippen LogP contribution in [0.1, 0.15) is 11.6 Å². The first kappa shape index (κ1) is 19.4. The molecule has 2 heterocycles. The summed E-state index contributed by atoms with van der Waals surface area (Å²) in [7, 11) is 0. The van der Waals surface area contributed by atoms with Crippen molar-refractivity contribution in [3.8, 4) is 0 Å². The second kappa shape index (κ2) is 8.55. The van der Waals surface area contributed by atoms with Crippen molar-refractivity contribution in [3.05, 3.63) is 57.8 Å². The van der Waals surface area contributed by atoms with E-state index < -0.39 is 10.7 Å². The number of benzene rings is 1. The Balaban J connectivity index is 2.04. The van der Waals surface area contributed by atoms with Gasteiger partial charge in [-0.1, -0.05) is 0 Å². The van der Waals surface area contributed by atoms with Gasteiger partial charge in [0.05, 0.1) is 24.8 Å². The molecule has 0 unspecified atom stereocenters. The van der Waals surface area contributed by atoms with E-state index >= 15 is 0 Å². The van der Waals surface area contributed by atoms with Crippen LogP contribution in [-0.2, 0) is 0 Å². The van der Waals surface area contributed by atoms with E-state index in [0.717, 1.165) is 0 Å². The number of anilines is 1. The van der Waals surface area contributed by atoms with Crippen LogP contribution in [0.2, 0.25) is 0 Å². The summed E-state index contributed by atoms with van der Waals surface area (Å²) in [5.41, 5.74) is 0.343. The smallest absolute Gasteiger partial charge is 0.401 e. The van der Waals surface area contributed by atoms with Crippen LogP contribution in [0.3, 0.4) is 0 Å². The SMILES string of the molecule is O=[N+]([O-])c1ccc(/C=C/c2nc(N(CCO)CCO)c3ccc(F)cc3n2)o1. The number of aromatic nitrogens is 2. The van der Waals surface area contributed by atoms with Gasteiger partial charge in [0.15, 0.2) is 5.82 Å². The van der Waals surface area contributed by atoms with Gasteiger partial charge >= 0.3 is 5.88 Å². The quantitative estimate of drug-likeness (QED) is 0.444. The van der Waals surface area contributed by atoms with Crippen molar-refractivity contribution in [2.24, 2.45) is 0 Å². The summed E-state index contributed by atoms with van der Waals surface area (Å²) in [6, 6.07) is 6.73. The first-order chi connectivity index (χ1) is 13.5. The maximum atomic E-state index is 13.7. The molecule has 2 N–H and O–H groups in total. The molecule has 0 aliphatic carbocycles. The van der Waals surface area contributed by atoms with Crippen molar-refractivity contribution in [1.82, 2.24) is 9.97 Å². The zero-order valence-electron chi connectivity index (χ0n) is 14.7. The van der Waals surface area contributed by atoms with E-state index in [4.69, 9.17) is 4.42 Å². The molecule has 10 heteroatoms. The molecule has 0 amide bonds. The van der Waals surface area contributed by atoms with Crippen LogP contribution in [0, 0.1) is 15.9 Å². The molecule has 1 aromatic carbocycles. The molecule has 3 rings (SSSR count). The molecule has 9 nitrogen and oxygen atoms in total. The molecular weight excluding hydrogens is 371 g/mol. The monoisotopic (exact) mass is 388 g/mol. The van der Waals surface area contributed by atoms with Crippen LogP contribution in [0.5, 0.6) is 0 Å². The predicted molar refractivity (Wildman–Crippen MR) is 100 cm³/mol. The summed E-state index contributed by atoms with van der Waals surface area (Å²) in [6.07, 6.45) is 2.94. The van der Waals surface area contributed by atoms with E-state index in [0.29, 0.717) is 16.7 Å². The van der Waals surface area contributed by atoms with Crippen molar-refractivity contribution in [3.63, 3.8) is 0 Å². The van der Waals surface area contributed by atoms with Gasteiger partial charge in [-0.05, 0) is 30.4 Å². The molecular formula is C18H17FN4O5. The third kappa shape index (κ3) is 4.30. The number of fused-ring (bicyclic) bond motifs is 1. The molecule has 0 fully saturated rings. The molecule has 0 atom stereocenters. The highest BCUT2D eigenvalue weighted by atomic mass is 19.1. The maximum Gasteiger partial charge on any atom is 0.433 e. The normalized spacial score (nSPS) is 11.4. The minimum Gasteiger partial charge on any atom is -0.401 e. The molecule has 0 bridgehead atoms. The first-order valence-electron chi connectivity index (χ1n) is 8.38. The Morgan fingerprint density at radius 1 is 1.14 bits per heavy atom. The molecule has 3 aromatic rings. The fourth-order valence-electron chi connectivity index (χ4n) is 2.67. The van der Waals surface area contributed by atoms with Crippen LogP contribution in [0.4, 0.5) is 16.1 Å². The van der Waals surface area contributed by atoms with E-state index in [2.05, 4.69) is 9.97 Å². The van der Waals surface area contributed by atoms with Crippen LogP contribution in [0.25, 0.3) is 23.1 Å². The Morgan fingerprint density at radius 3 is 2.54 bits per heavy atom. The van der Waals surface area contributed by atoms with Gasteiger partial charge < -0.3 is 19.5 Å². The van der Waals surface area contributed by atoms with Gasteiger partial charge in [0.2, 0.25) is 0 Å². The Bertz CT molecular complexity index is 1010. The van der Waals surface area contributed by atoms with Gasteiger partial charge in [0, 0.05) is 24.5 Å². The molecule has 0 aliphatic rings. The highest BCUT2D eigenvalue weighted by molar-refractivity contribution is 5.90. The summed E-state index contributed by atoms with van der Waals surface area (Å²) < 4.78 is 18.7. The lowest BCUT2D eigenvalue weighted by Gasteiger charge is -2.23. The Kier molecular flexibility index (Phi) is 5.92. The van der Waals surface area contributed by atoms with Gasteiger partial charge in [0.1, 0.15) is 22.3 Å². The Morgan fingerprint density at radius 2 is 1.89 bits per heavy atom. The first-order valence-corrected chi connectivity index (χ1v) is 8.38. The number of hydrogen-bond donors (Lipinski definition) is 2. The number of nitrogens with zero attached hydrogens (tertiary/aromatic N) is 4. The number of halogens is 1. The third-order valence-electron chi connectivity index (χ3n) is 3.88. The van der Waals surface area contributed by atoms with E-state index in [9.17, 15) is 24.7 Å². The predicted octanol–water partition coefficient (Wildman–Crippen LogP) is 2.23. The molecule has 0 spiro atoms. The van der Waals surface area contributed by atoms with E-state index in [1.165, 1.54) is 42.5 Å². The molecule has 0 aliphatic heterocycles. The lowest BCUT2D eigenvalue weighted by molar-refractivity contribution is -0.402. The average Bonchev–Trinajstić information content (AvgIpc) is 3.14. The van der Waals surface area contributed by atoms with E-state index in [1.54, 1.807) is 4.90 Å². The number of furan rings is 1. The molecule has 0 saturated carbocycles. The van der Waals surface area contributed by atoms with Crippen LogP contribution < -0.4 is 4.90 Å². The number of rotatable bonds is 8. The Labute approximate surface area is 158 Å². The van der Waals surface area contributed by atoms with Crippen LogP contribution >= 0.6 is 0 Å². The molecule has 28 heavy (non-hydrogen) atoms. The van der Waals surface area contributed by atoms with Crippen molar-refractivity contribution in [2.45, 2.75) is 0 Å². The summed E-state index contributed by atoms with van der Waals surface area (Å²) in [4.78, 5) is 20.4. The summed E-state index contributed by atoms with van der Waals surface area (Å²) >= 11 is 0. The number of aliphatic hydroxyl groups is 2. The minimum atomic E-state index is -0.646. The molecule has 0 radical (unpaired) electrons. The summed E-state index contributed by atoms with van der Waals surface area (Å²) in [5.74, 6) is 0.0217. The van der Waals surface area contributed by atoms with Gasteiger partial charge in [-0.25, -0.2) is 14.4 Å². The summed E-state index contributed by atoms with van der Waals surface area (Å²) in [5, 5.41) is 29.9. The zero-order valence-corrected chi connectivity index (χ0v) is 14.7. The number of hydrogen-bond acceptors (Lipinski definition) is 8. The highest BCUT2D eigenvalue weighted by Crippen LogP contribution is 2.25. The summed E-state index contributed by atoms with van der Waals surface area (Å²) in [6.45, 7) is 0.122. The number of nitro groups is 1. The minimum absolute atomic E-state index is 0.159. The number of aliphatic hydroxyl groups excluding tert-OH is 2. The van der Waals surface area contributed by atoms with Crippen molar-refractivity contribution < 1.29 is 23.9 Å². The van der Waals surface area contributed by atoms with Gasteiger partial charge in [-0.3, -0.25) is 10.1 Å². The lowest BCUT2D eigenvalue weighted by atomic mass is 10.2. The third-order valence-corrected chi connectivity index (χ3v) is 3.88. The standard InChI is InChI=1S/C18H17FN4O5/c19-12-1-4-14-15(11-12)20-16(21-18(14)22(7-9-24)8-10-25)5-2-13-3-6-17(28-13)23(26)27/h1-6,11,24-25H,7-10H2/b5-2+. The van der Waals surface area contributed by atoms with E-state index in [1.807, 2.05) is 0 Å². The van der Waals surface area contributed by atoms with Crippen molar-refractivity contribution >= 4 is 34.8 Å². The van der Waals surface area contributed by atoms with Gasteiger partial charge in [-0.2, -0.15) is 0 Å². The Hall–Kier alpha value is -3.37. The molecule has 0 saturated heterocycles. The fraction of sp³-hybridized carbons (Fsp3) is 0.222. The zero-order chi connectivity index (χ0) is 20.1. The maximum absolute atomic E-state index is 13.7. The van der Waals surface area contributed by atoms with Crippen molar-refractivity contribution in [1.29, 1.82) is 0 Å². The van der Waals surface area contributed by atoms with Crippen LogP contribution in [0.15, 0.2) is 34.7 Å². The van der Waals surface area contributed by atoms with Gasteiger partial charge in [0.25, 0.3) is 0 Å². The average molecular weight is 388 g/mol. The fourth-order valence-corrected chi connectivity index (χ4v) is 2.67. The van der Waals surface area contributed by atoms with E-state index in [-0.39, 0.29) is 43.8 Å². The topological polar surface area (TPSA) is 126 Å². The second-order valence-electron chi connectivity index (χ2n) is 5.77. The highest BCUT2D eigenvalue weighted by Gasteiger charge is 2.15. The van der Waals surface area contributed by atoms with Crippen molar-refractivity contribution in [2.75, 3.05) is 31.2 Å².